The first-order valence-electron chi connectivity index (χ1n) is 5.60. The van der Waals surface area contributed by atoms with Gasteiger partial charge in [0.25, 0.3) is 0 Å². The average Bonchev–Trinajstić information content (AvgIpc) is 2.65. The Labute approximate surface area is 116 Å². The van der Waals surface area contributed by atoms with E-state index in [1.807, 2.05) is 0 Å². The highest BCUT2D eigenvalue weighted by Crippen LogP contribution is 2.33. The number of benzene rings is 1. The van der Waals surface area contributed by atoms with Crippen LogP contribution in [0, 0.1) is 0 Å². The Morgan fingerprint density at radius 1 is 1.37 bits per heavy atom. The van der Waals surface area contributed by atoms with Gasteiger partial charge in [-0.05, 0) is 12.1 Å². The molecule has 104 valence electrons. The molecule has 1 aliphatic rings. The van der Waals surface area contributed by atoms with E-state index in [4.69, 9.17) is 4.74 Å². The van der Waals surface area contributed by atoms with Crippen LogP contribution in [0.3, 0.4) is 0 Å². The molecule has 0 spiro atoms. The molecule has 2 rings (SSSR count). The lowest BCUT2D eigenvalue weighted by Gasteiger charge is -2.20. The largest absolute Gasteiger partial charge is 0.482 e. The minimum Gasteiger partial charge on any atom is -0.482 e. The molecule has 1 aliphatic heterocycles. The molecule has 1 fully saturated rings. The number of carbonyl (C=O) groups is 1. The number of anilines is 1. The van der Waals surface area contributed by atoms with Crippen LogP contribution < -0.4 is 9.64 Å². The SMILES string of the molecule is O=C1CC(Br)CN1c1ccccc1OCC(F)(F)F. The van der Waals surface area contributed by atoms with Gasteiger partial charge in [0.15, 0.2) is 6.61 Å². The Hall–Kier alpha value is -1.24. The van der Waals surface area contributed by atoms with Gasteiger partial charge < -0.3 is 9.64 Å². The molecule has 1 aromatic rings. The Kier molecular flexibility index (Phi) is 4.03. The summed E-state index contributed by atoms with van der Waals surface area (Å²) in [5, 5.41) is 0. The second-order valence-corrected chi connectivity index (χ2v) is 5.47. The van der Waals surface area contributed by atoms with Crippen molar-refractivity contribution in [1.29, 1.82) is 0 Å². The van der Waals surface area contributed by atoms with Crippen molar-refractivity contribution in [1.82, 2.24) is 0 Å². The fraction of sp³-hybridized carbons (Fsp3) is 0.417. The van der Waals surface area contributed by atoms with E-state index < -0.39 is 12.8 Å². The normalized spacial score (nSPS) is 19.9. The Balaban J connectivity index is 2.19. The third-order valence-electron chi connectivity index (χ3n) is 2.63. The van der Waals surface area contributed by atoms with Gasteiger partial charge in [0.1, 0.15) is 5.75 Å². The standard InChI is InChI=1S/C12H11BrF3NO2/c13-8-5-11(18)17(6-8)9-3-1-2-4-10(9)19-7-12(14,15)16/h1-4,8H,5-7H2. The third kappa shape index (κ3) is 3.62. The lowest BCUT2D eigenvalue weighted by Crippen LogP contribution is -2.26. The number of hydrogen-bond donors (Lipinski definition) is 0. The van der Waals surface area contributed by atoms with Crippen molar-refractivity contribution < 1.29 is 22.7 Å². The summed E-state index contributed by atoms with van der Waals surface area (Å²) in [5.41, 5.74) is 0.374. The predicted molar refractivity (Wildman–Crippen MR) is 67.7 cm³/mol. The van der Waals surface area contributed by atoms with Crippen LogP contribution in [0.4, 0.5) is 18.9 Å². The van der Waals surface area contributed by atoms with E-state index in [1.54, 1.807) is 18.2 Å². The molecule has 1 unspecified atom stereocenters. The van der Waals surface area contributed by atoms with Crippen molar-refractivity contribution in [3.63, 3.8) is 0 Å². The number of para-hydroxylation sites is 2. The van der Waals surface area contributed by atoms with Crippen LogP contribution in [0.1, 0.15) is 6.42 Å². The third-order valence-corrected chi connectivity index (χ3v) is 3.24. The maximum atomic E-state index is 12.2. The average molecular weight is 338 g/mol. The number of hydrogen-bond acceptors (Lipinski definition) is 2. The Morgan fingerprint density at radius 2 is 2.05 bits per heavy atom. The number of halogens is 4. The van der Waals surface area contributed by atoms with Crippen molar-refractivity contribution in [3.05, 3.63) is 24.3 Å². The summed E-state index contributed by atoms with van der Waals surface area (Å²) in [5.74, 6) is -0.0697. The van der Waals surface area contributed by atoms with E-state index in [1.165, 1.54) is 11.0 Å². The monoisotopic (exact) mass is 337 g/mol. The smallest absolute Gasteiger partial charge is 0.422 e. The topological polar surface area (TPSA) is 29.5 Å². The van der Waals surface area contributed by atoms with Gasteiger partial charge in [0, 0.05) is 17.8 Å². The second-order valence-electron chi connectivity index (χ2n) is 4.18. The van der Waals surface area contributed by atoms with E-state index >= 15 is 0 Å². The molecule has 19 heavy (non-hydrogen) atoms. The molecule has 0 N–H and O–H groups in total. The summed E-state index contributed by atoms with van der Waals surface area (Å²) in [4.78, 5) is 13.2. The highest BCUT2D eigenvalue weighted by molar-refractivity contribution is 9.09. The van der Waals surface area contributed by atoms with Gasteiger partial charge in [-0.2, -0.15) is 13.2 Å². The summed E-state index contributed by atoms with van der Waals surface area (Å²) in [6.07, 6.45) is -4.08. The first-order chi connectivity index (χ1) is 8.87. The van der Waals surface area contributed by atoms with Gasteiger partial charge in [-0.25, -0.2) is 0 Å². The number of alkyl halides is 4. The highest BCUT2D eigenvalue weighted by atomic mass is 79.9. The molecule has 0 aromatic heterocycles. The van der Waals surface area contributed by atoms with E-state index in [9.17, 15) is 18.0 Å². The van der Waals surface area contributed by atoms with Crippen molar-refractivity contribution in [2.24, 2.45) is 0 Å². The minimum absolute atomic E-state index is 0.00988. The predicted octanol–water partition coefficient (Wildman–Crippen LogP) is 3.13. The second kappa shape index (κ2) is 5.40. The van der Waals surface area contributed by atoms with Crippen LogP contribution in [0.25, 0.3) is 0 Å². The van der Waals surface area contributed by atoms with Gasteiger partial charge in [-0.1, -0.05) is 28.1 Å². The van der Waals surface area contributed by atoms with Crippen LogP contribution >= 0.6 is 15.9 Å². The van der Waals surface area contributed by atoms with E-state index in [2.05, 4.69) is 15.9 Å². The molecule has 3 nitrogen and oxygen atoms in total. The molecular formula is C12H11BrF3NO2. The lowest BCUT2D eigenvalue weighted by molar-refractivity contribution is -0.153. The van der Waals surface area contributed by atoms with Gasteiger partial charge in [-0.15, -0.1) is 0 Å². The number of carbonyl (C=O) groups excluding carboxylic acids is 1. The van der Waals surface area contributed by atoms with Crippen molar-refractivity contribution in [2.75, 3.05) is 18.1 Å². The summed E-state index contributed by atoms with van der Waals surface area (Å²) >= 11 is 3.33. The fourth-order valence-electron chi connectivity index (χ4n) is 1.86. The molecule has 0 saturated carbocycles. The van der Waals surface area contributed by atoms with E-state index in [0.717, 1.165) is 0 Å². The van der Waals surface area contributed by atoms with Crippen LogP contribution in [0.5, 0.6) is 5.75 Å². The van der Waals surface area contributed by atoms with Gasteiger partial charge in [-0.3, -0.25) is 4.79 Å². The molecular weight excluding hydrogens is 327 g/mol. The minimum atomic E-state index is -4.40. The fourth-order valence-corrected chi connectivity index (χ4v) is 2.43. The highest BCUT2D eigenvalue weighted by Gasteiger charge is 2.32. The summed E-state index contributed by atoms with van der Waals surface area (Å²) in [6, 6.07) is 6.23. The zero-order chi connectivity index (χ0) is 14.0. The van der Waals surface area contributed by atoms with E-state index in [-0.39, 0.29) is 16.5 Å². The maximum Gasteiger partial charge on any atom is 0.422 e. The first-order valence-corrected chi connectivity index (χ1v) is 6.51. The van der Waals surface area contributed by atoms with Crippen molar-refractivity contribution >= 4 is 27.5 Å². The molecule has 0 bridgehead atoms. The quantitative estimate of drug-likeness (QED) is 0.793. The van der Waals surface area contributed by atoms with Crippen LogP contribution in [0.2, 0.25) is 0 Å². The molecule has 1 atom stereocenters. The van der Waals surface area contributed by atoms with Crippen LogP contribution in [-0.4, -0.2) is 30.1 Å². The lowest BCUT2D eigenvalue weighted by atomic mass is 10.2. The van der Waals surface area contributed by atoms with Crippen molar-refractivity contribution in [3.8, 4) is 5.75 Å². The number of amides is 1. The number of rotatable bonds is 3. The van der Waals surface area contributed by atoms with Crippen LogP contribution in [-0.2, 0) is 4.79 Å². The Bertz CT molecular complexity index is 478. The maximum absolute atomic E-state index is 12.2. The summed E-state index contributed by atoms with van der Waals surface area (Å²) in [7, 11) is 0. The molecule has 1 aromatic carbocycles. The molecule has 0 aliphatic carbocycles. The van der Waals surface area contributed by atoms with Gasteiger partial charge in [0.05, 0.1) is 5.69 Å². The van der Waals surface area contributed by atoms with E-state index in [0.29, 0.717) is 18.7 Å². The molecule has 1 saturated heterocycles. The molecule has 1 amide bonds. The molecule has 0 radical (unpaired) electrons. The van der Waals surface area contributed by atoms with Crippen molar-refractivity contribution in [2.45, 2.75) is 17.4 Å². The number of nitrogens with zero attached hydrogens (tertiary/aromatic N) is 1. The van der Waals surface area contributed by atoms with Gasteiger partial charge in [0.2, 0.25) is 5.91 Å². The summed E-state index contributed by atoms with van der Waals surface area (Å²) in [6.45, 7) is -0.949. The molecule has 1 heterocycles. The Morgan fingerprint density at radius 3 is 2.63 bits per heavy atom. The zero-order valence-electron chi connectivity index (χ0n) is 9.78. The summed E-state index contributed by atoms with van der Waals surface area (Å²) < 4.78 is 41.3. The molecule has 7 heteroatoms. The first kappa shape index (κ1) is 14.2. The zero-order valence-corrected chi connectivity index (χ0v) is 11.4. The van der Waals surface area contributed by atoms with Gasteiger partial charge >= 0.3 is 6.18 Å². The number of ether oxygens (including phenoxy) is 1. The van der Waals surface area contributed by atoms with Crippen LogP contribution in [0.15, 0.2) is 24.3 Å².